The molecule has 0 saturated carbocycles. The van der Waals surface area contributed by atoms with E-state index in [4.69, 9.17) is 0 Å². The van der Waals surface area contributed by atoms with Crippen LogP contribution in [-0.4, -0.2) is 26.6 Å². The Kier molecular flexibility index (Phi) is 4.03. The summed E-state index contributed by atoms with van der Waals surface area (Å²) in [5.41, 5.74) is -1.29. The van der Waals surface area contributed by atoms with Crippen molar-refractivity contribution in [3.63, 3.8) is 0 Å². The lowest BCUT2D eigenvalue weighted by Gasteiger charge is -2.22. The third-order valence-corrected chi connectivity index (χ3v) is 3.67. The number of hydrogen-bond acceptors (Lipinski definition) is 5. The summed E-state index contributed by atoms with van der Waals surface area (Å²) in [7, 11) is 1.46. The van der Waals surface area contributed by atoms with Gasteiger partial charge < -0.3 is 4.90 Å². The van der Waals surface area contributed by atoms with Crippen LogP contribution < -0.4 is 4.90 Å². The van der Waals surface area contributed by atoms with Crippen LogP contribution in [0, 0.1) is 10.1 Å². The van der Waals surface area contributed by atoms with Crippen molar-refractivity contribution in [3.05, 3.63) is 64.1 Å². The molecule has 2 heterocycles. The van der Waals surface area contributed by atoms with Crippen molar-refractivity contribution in [2.75, 3.05) is 11.9 Å². The number of nitrogens with zero attached hydrogens (tertiary/aromatic N) is 5. The molecule has 2 aromatic heterocycles. The lowest BCUT2D eigenvalue weighted by atomic mass is 10.1. The summed E-state index contributed by atoms with van der Waals surface area (Å²) in [5, 5.41) is 18.7. The number of alkyl halides is 3. The fraction of sp³-hybridized carbons (Fsp3) is 0.200. The van der Waals surface area contributed by atoms with Gasteiger partial charge in [-0.1, -0.05) is 6.07 Å². The third kappa shape index (κ3) is 3.23. The van der Waals surface area contributed by atoms with Crippen molar-refractivity contribution in [1.29, 1.82) is 0 Å². The van der Waals surface area contributed by atoms with Gasteiger partial charge in [0.1, 0.15) is 0 Å². The first-order chi connectivity index (χ1) is 11.8. The predicted molar refractivity (Wildman–Crippen MR) is 83.2 cm³/mol. The molecule has 7 nitrogen and oxygen atoms in total. The highest BCUT2D eigenvalue weighted by Gasteiger charge is 2.36. The van der Waals surface area contributed by atoms with Gasteiger partial charge in [-0.2, -0.15) is 13.2 Å². The molecule has 0 radical (unpaired) electrons. The Morgan fingerprint density at radius 1 is 1.24 bits per heavy atom. The van der Waals surface area contributed by atoms with Gasteiger partial charge >= 0.3 is 6.18 Å². The van der Waals surface area contributed by atoms with Crippen molar-refractivity contribution >= 4 is 17.0 Å². The Morgan fingerprint density at radius 3 is 2.68 bits per heavy atom. The number of nitro groups is 1. The van der Waals surface area contributed by atoms with Crippen LogP contribution in [0.15, 0.2) is 42.6 Å². The van der Waals surface area contributed by atoms with Crippen LogP contribution in [0.5, 0.6) is 0 Å². The molecule has 0 aliphatic rings. The monoisotopic (exact) mass is 351 g/mol. The molecule has 0 N–H and O–H groups in total. The fourth-order valence-corrected chi connectivity index (χ4v) is 2.49. The molecule has 0 unspecified atom stereocenters. The lowest BCUT2D eigenvalue weighted by Crippen LogP contribution is -2.22. The average molecular weight is 351 g/mol. The van der Waals surface area contributed by atoms with E-state index in [1.54, 1.807) is 28.8 Å². The van der Waals surface area contributed by atoms with Crippen LogP contribution in [0.1, 0.15) is 11.4 Å². The topological polar surface area (TPSA) is 76.6 Å². The van der Waals surface area contributed by atoms with E-state index in [1.807, 2.05) is 0 Å². The Labute approximate surface area is 139 Å². The zero-order chi connectivity index (χ0) is 18.2. The Balaban J connectivity index is 1.99. The van der Waals surface area contributed by atoms with Gasteiger partial charge in [0.2, 0.25) is 0 Å². The third-order valence-electron chi connectivity index (χ3n) is 3.67. The number of rotatable bonds is 4. The standard InChI is InChI=1S/C15H12F3N5O2/c1-21(9-14-20-19-13-4-2-3-7-22(13)14)12-6-5-10(23(24)25)8-11(12)15(16,17)18/h2-8H,9H2,1H3. The van der Waals surface area contributed by atoms with E-state index in [1.165, 1.54) is 11.9 Å². The predicted octanol–water partition coefficient (Wildman–Crippen LogP) is 3.29. The van der Waals surface area contributed by atoms with Crippen LogP contribution in [0.4, 0.5) is 24.5 Å². The minimum atomic E-state index is -4.72. The first kappa shape index (κ1) is 16.7. The lowest BCUT2D eigenvalue weighted by molar-refractivity contribution is -0.385. The van der Waals surface area contributed by atoms with E-state index >= 15 is 0 Å². The second-order valence-electron chi connectivity index (χ2n) is 5.36. The van der Waals surface area contributed by atoms with Crippen molar-refractivity contribution in [3.8, 4) is 0 Å². The SMILES string of the molecule is CN(Cc1nnc2ccccn12)c1ccc([N+](=O)[O-])cc1C(F)(F)F. The first-order valence-electron chi connectivity index (χ1n) is 7.13. The van der Waals surface area contributed by atoms with Crippen LogP contribution >= 0.6 is 0 Å². The molecule has 3 rings (SSSR count). The molecule has 0 atom stereocenters. The summed E-state index contributed by atoms with van der Waals surface area (Å²) in [4.78, 5) is 11.2. The zero-order valence-electron chi connectivity index (χ0n) is 12.9. The van der Waals surface area contributed by atoms with Gasteiger partial charge in [0.25, 0.3) is 5.69 Å². The maximum Gasteiger partial charge on any atom is 0.418 e. The number of benzene rings is 1. The largest absolute Gasteiger partial charge is 0.418 e. The van der Waals surface area contributed by atoms with Crippen LogP contribution in [0.25, 0.3) is 5.65 Å². The van der Waals surface area contributed by atoms with E-state index < -0.39 is 22.4 Å². The van der Waals surface area contributed by atoms with E-state index in [2.05, 4.69) is 10.2 Å². The highest BCUT2D eigenvalue weighted by Crippen LogP contribution is 2.38. The Bertz CT molecular complexity index is 938. The number of pyridine rings is 1. The van der Waals surface area contributed by atoms with Crippen LogP contribution in [0.2, 0.25) is 0 Å². The highest BCUT2D eigenvalue weighted by molar-refractivity contribution is 5.59. The summed E-state index contributed by atoms with van der Waals surface area (Å²) < 4.78 is 41.6. The van der Waals surface area contributed by atoms with Crippen molar-refractivity contribution < 1.29 is 18.1 Å². The minimum Gasteiger partial charge on any atom is -0.367 e. The number of non-ortho nitro benzene ring substituents is 1. The summed E-state index contributed by atoms with van der Waals surface area (Å²) in [6, 6.07) is 7.92. The van der Waals surface area contributed by atoms with Gasteiger partial charge in [-0.3, -0.25) is 14.5 Å². The minimum absolute atomic E-state index is 0.0477. The van der Waals surface area contributed by atoms with Crippen molar-refractivity contribution in [2.24, 2.45) is 0 Å². The van der Waals surface area contributed by atoms with Crippen molar-refractivity contribution in [2.45, 2.75) is 12.7 Å². The summed E-state index contributed by atoms with van der Waals surface area (Å²) in [5.74, 6) is 0.449. The highest BCUT2D eigenvalue weighted by atomic mass is 19.4. The molecule has 130 valence electrons. The van der Waals surface area contributed by atoms with E-state index in [0.717, 1.165) is 12.1 Å². The molecule has 0 saturated heterocycles. The second-order valence-corrected chi connectivity index (χ2v) is 5.36. The molecule has 1 aromatic carbocycles. The van der Waals surface area contributed by atoms with E-state index in [-0.39, 0.29) is 12.2 Å². The molecule has 25 heavy (non-hydrogen) atoms. The maximum atomic E-state index is 13.3. The first-order valence-corrected chi connectivity index (χ1v) is 7.13. The smallest absolute Gasteiger partial charge is 0.367 e. The van der Waals surface area contributed by atoms with Crippen LogP contribution in [-0.2, 0) is 12.7 Å². The Hall–Kier alpha value is -3.17. The summed E-state index contributed by atoms with van der Waals surface area (Å²) in [6.45, 7) is 0.0477. The van der Waals surface area contributed by atoms with Crippen molar-refractivity contribution in [1.82, 2.24) is 14.6 Å². The van der Waals surface area contributed by atoms with E-state index in [0.29, 0.717) is 17.5 Å². The molecule has 0 aliphatic heterocycles. The second kappa shape index (κ2) is 6.04. The number of anilines is 1. The molecular formula is C15H12F3N5O2. The van der Waals surface area contributed by atoms with Gasteiger partial charge in [-0.25, -0.2) is 0 Å². The molecule has 10 heteroatoms. The van der Waals surface area contributed by atoms with Gasteiger partial charge in [0.15, 0.2) is 11.5 Å². The molecule has 0 spiro atoms. The summed E-state index contributed by atoms with van der Waals surface area (Å²) in [6.07, 6.45) is -3.01. The quantitative estimate of drug-likeness (QED) is 0.532. The zero-order valence-corrected chi connectivity index (χ0v) is 12.9. The van der Waals surface area contributed by atoms with Gasteiger partial charge in [-0.15, -0.1) is 10.2 Å². The molecule has 3 aromatic rings. The Morgan fingerprint density at radius 2 is 2.00 bits per heavy atom. The number of fused-ring (bicyclic) bond motifs is 1. The average Bonchev–Trinajstić information content (AvgIpc) is 2.96. The number of hydrogen-bond donors (Lipinski definition) is 0. The number of aromatic nitrogens is 3. The number of nitro benzene ring substituents is 1. The van der Waals surface area contributed by atoms with Gasteiger partial charge in [0.05, 0.1) is 17.0 Å². The fourth-order valence-electron chi connectivity index (χ4n) is 2.49. The van der Waals surface area contributed by atoms with Gasteiger partial charge in [0, 0.05) is 31.1 Å². The normalized spacial score (nSPS) is 11.7. The van der Waals surface area contributed by atoms with Crippen LogP contribution in [0.3, 0.4) is 0 Å². The maximum absolute atomic E-state index is 13.3. The molecule has 0 aliphatic carbocycles. The molecule has 0 fully saturated rings. The molecule has 0 amide bonds. The number of halogens is 3. The summed E-state index contributed by atoms with van der Waals surface area (Å²) >= 11 is 0. The molecule has 0 bridgehead atoms. The van der Waals surface area contributed by atoms with Gasteiger partial charge in [-0.05, 0) is 18.2 Å². The van der Waals surface area contributed by atoms with E-state index in [9.17, 15) is 23.3 Å². The molecular weight excluding hydrogens is 339 g/mol.